The fraction of sp³-hybridized carbons (Fsp3) is 0.286. The van der Waals surface area contributed by atoms with Crippen molar-refractivity contribution in [1.29, 1.82) is 0 Å². The summed E-state index contributed by atoms with van der Waals surface area (Å²) < 4.78 is 0. The van der Waals surface area contributed by atoms with E-state index < -0.39 is 0 Å². The summed E-state index contributed by atoms with van der Waals surface area (Å²) in [4.78, 5) is 3.90. The monoisotopic (exact) mass is 156 g/mol. The molecule has 10 heavy (non-hydrogen) atoms. The molecular formula is C7H9ClN2. The third-order valence-corrected chi connectivity index (χ3v) is 1.61. The van der Waals surface area contributed by atoms with Gasteiger partial charge in [0.05, 0.1) is 0 Å². The summed E-state index contributed by atoms with van der Waals surface area (Å²) in [6, 6.07) is 1.79. The number of hydrogen-bond donors (Lipinski definition) is 1. The van der Waals surface area contributed by atoms with Gasteiger partial charge in [0, 0.05) is 12.7 Å². The van der Waals surface area contributed by atoms with Crippen molar-refractivity contribution in [1.82, 2.24) is 4.98 Å². The first-order valence-electron chi connectivity index (χ1n) is 3.05. The molecule has 0 saturated carbocycles. The highest BCUT2D eigenvalue weighted by atomic mass is 35.5. The molecule has 2 nitrogen and oxygen atoms in total. The van der Waals surface area contributed by atoms with Crippen LogP contribution in [0.3, 0.4) is 0 Å². The van der Waals surface area contributed by atoms with Crippen LogP contribution in [0.25, 0.3) is 0 Å². The Kier molecular flexibility index (Phi) is 2.25. The number of halogens is 1. The third kappa shape index (κ3) is 1.46. The van der Waals surface area contributed by atoms with Crippen LogP contribution in [0.1, 0.15) is 11.1 Å². The predicted octanol–water partition coefficient (Wildman–Crippen LogP) is 1.50. The van der Waals surface area contributed by atoms with Gasteiger partial charge in [0.25, 0.3) is 0 Å². The summed E-state index contributed by atoms with van der Waals surface area (Å²) in [6.07, 6.45) is 1.73. The molecule has 3 heteroatoms. The number of aromatic nitrogens is 1. The minimum Gasteiger partial charge on any atom is -0.326 e. The van der Waals surface area contributed by atoms with E-state index in [0.717, 1.165) is 11.1 Å². The molecule has 0 amide bonds. The molecule has 0 aliphatic rings. The van der Waals surface area contributed by atoms with E-state index in [1.54, 1.807) is 12.3 Å². The minimum atomic E-state index is 0.506. The maximum absolute atomic E-state index is 5.63. The summed E-state index contributed by atoms with van der Waals surface area (Å²) >= 11 is 5.63. The second kappa shape index (κ2) is 2.99. The Morgan fingerprint density at radius 2 is 2.40 bits per heavy atom. The molecule has 54 valence electrons. The summed E-state index contributed by atoms with van der Waals surface area (Å²) in [7, 11) is 0. The molecule has 0 radical (unpaired) electrons. The highest BCUT2D eigenvalue weighted by Crippen LogP contribution is 2.10. The second-order valence-corrected chi connectivity index (χ2v) is 2.52. The van der Waals surface area contributed by atoms with Gasteiger partial charge in [-0.15, -0.1) is 0 Å². The van der Waals surface area contributed by atoms with E-state index in [4.69, 9.17) is 17.3 Å². The fourth-order valence-corrected chi connectivity index (χ4v) is 0.937. The quantitative estimate of drug-likeness (QED) is 0.626. The van der Waals surface area contributed by atoms with E-state index in [-0.39, 0.29) is 0 Å². The van der Waals surface area contributed by atoms with Crippen LogP contribution in [0.15, 0.2) is 12.3 Å². The van der Waals surface area contributed by atoms with Gasteiger partial charge < -0.3 is 5.73 Å². The average Bonchev–Trinajstić information content (AvgIpc) is 1.94. The number of nitrogens with two attached hydrogens (primary N) is 1. The second-order valence-electron chi connectivity index (χ2n) is 2.14. The van der Waals surface area contributed by atoms with Crippen molar-refractivity contribution in [3.05, 3.63) is 28.5 Å². The first-order valence-corrected chi connectivity index (χ1v) is 3.43. The standard InChI is InChI=1S/C7H9ClN2/c1-5-4-10-7(8)2-6(5)3-9/h2,4H,3,9H2,1H3. The lowest BCUT2D eigenvalue weighted by Gasteiger charge is -2.00. The number of hydrogen-bond acceptors (Lipinski definition) is 2. The summed E-state index contributed by atoms with van der Waals surface area (Å²) in [5.41, 5.74) is 7.58. The number of pyridine rings is 1. The zero-order valence-electron chi connectivity index (χ0n) is 5.76. The molecule has 0 saturated heterocycles. The Labute approximate surface area is 65.0 Å². The molecule has 1 heterocycles. The first kappa shape index (κ1) is 7.51. The van der Waals surface area contributed by atoms with Gasteiger partial charge in [-0.05, 0) is 24.1 Å². The molecule has 0 aromatic carbocycles. The Balaban J connectivity index is 3.09. The molecular weight excluding hydrogens is 148 g/mol. The molecule has 0 bridgehead atoms. The van der Waals surface area contributed by atoms with Gasteiger partial charge in [-0.2, -0.15) is 0 Å². The van der Waals surface area contributed by atoms with Crippen LogP contribution in [0, 0.1) is 6.92 Å². The van der Waals surface area contributed by atoms with Crippen LogP contribution in [-0.4, -0.2) is 4.98 Å². The molecule has 0 atom stereocenters. The third-order valence-electron chi connectivity index (χ3n) is 1.40. The fourth-order valence-electron chi connectivity index (χ4n) is 0.756. The molecule has 1 aromatic rings. The van der Waals surface area contributed by atoms with E-state index in [9.17, 15) is 0 Å². The van der Waals surface area contributed by atoms with Crippen LogP contribution in [0.5, 0.6) is 0 Å². The maximum atomic E-state index is 5.63. The molecule has 0 fully saturated rings. The van der Waals surface area contributed by atoms with Gasteiger partial charge in [-0.1, -0.05) is 11.6 Å². The molecule has 1 rings (SSSR count). The van der Waals surface area contributed by atoms with Crippen molar-refractivity contribution in [2.24, 2.45) is 5.73 Å². The topological polar surface area (TPSA) is 38.9 Å². The van der Waals surface area contributed by atoms with Crippen molar-refractivity contribution in [2.75, 3.05) is 0 Å². The first-order chi connectivity index (χ1) is 4.74. The predicted molar refractivity (Wildman–Crippen MR) is 41.9 cm³/mol. The molecule has 0 unspecified atom stereocenters. The van der Waals surface area contributed by atoms with Crippen LogP contribution in [0.4, 0.5) is 0 Å². The van der Waals surface area contributed by atoms with Crippen LogP contribution >= 0.6 is 11.6 Å². The van der Waals surface area contributed by atoms with Crippen molar-refractivity contribution < 1.29 is 0 Å². The van der Waals surface area contributed by atoms with E-state index in [2.05, 4.69) is 4.98 Å². The zero-order valence-corrected chi connectivity index (χ0v) is 6.52. The van der Waals surface area contributed by atoms with Gasteiger partial charge in [-0.3, -0.25) is 0 Å². The van der Waals surface area contributed by atoms with E-state index >= 15 is 0 Å². The van der Waals surface area contributed by atoms with Gasteiger partial charge in [0.1, 0.15) is 5.15 Å². The number of nitrogens with zero attached hydrogens (tertiary/aromatic N) is 1. The largest absolute Gasteiger partial charge is 0.326 e. The van der Waals surface area contributed by atoms with Crippen molar-refractivity contribution >= 4 is 11.6 Å². The highest BCUT2D eigenvalue weighted by molar-refractivity contribution is 6.29. The van der Waals surface area contributed by atoms with Gasteiger partial charge >= 0.3 is 0 Å². The lowest BCUT2D eigenvalue weighted by Crippen LogP contribution is -1.99. The lowest BCUT2D eigenvalue weighted by atomic mass is 10.2. The van der Waals surface area contributed by atoms with Crippen LogP contribution in [-0.2, 0) is 6.54 Å². The average molecular weight is 157 g/mol. The Morgan fingerprint density at radius 1 is 1.70 bits per heavy atom. The van der Waals surface area contributed by atoms with E-state index in [1.807, 2.05) is 6.92 Å². The van der Waals surface area contributed by atoms with Crippen molar-refractivity contribution in [3.63, 3.8) is 0 Å². The highest BCUT2D eigenvalue weighted by Gasteiger charge is 1.96. The minimum absolute atomic E-state index is 0.506. The lowest BCUT2D eigenvalue weighted by molar-refractivity contribution is 1.03. The van der Waals surface area contributed by atoms with Crippen molar-refractivity contribution in [3.8, 4) is 0 Å². The van der Waals surface area contributed by atoms with Crippen LogP contribution in [0.2, 0.25) is 5.15 Å². The van der Waals surface area contributed by atoms with Gasteiger partial charge in [-0.25, -0.2) is 4.98 Å². The summed E-state index contributed by atoms with van der Waals surface area (Å²) in [5.74, 6) is 0. The molecule has 2 N–H and O–H groups in total. The Hall–Kier alpha value is -0.600. The van der Waals surface area contributed by atoms with E-state index in [0.29, 0.717) is 11.7 Å². The zero-order chi connectivity index (χ0) is 7.56. The summed E-state index contributed by atoms with van der Waals surface area (Å²) in [5, 5.41) is 0.506. The molecule has 1 aromatic heterocycles. The van der Waals surface area contributed by atoms with E-state index in [1.165, 1.54) is 0 Å². The van der Waals surface area contributed by atoms with Gasteiger partial charge in [0.15, 0.2) is 0 Å². The molecule has 0 spiro atoms. The smallest absolute Gasteiger partial charge is 0.129 e. The number of rotatable bonds is 1. The molecule has 0 aliphatic carbocycles. The SMILES string of the molecule is Cc1cnc(Cl)cc1CN. The number of aryl methyl sites for hydroxylation is 1. The van der Waals surface area contributed by atoms with Gasteiger partial charge in [0.2, 0.25) is 0 Å². The maximum Gasteiger partial charge on any atom is 0.129 e. The molecule has 0 aliphatic heterocycles. The Morgan fingerprint density at radius 3 is 2.90 bits per heavy atom. The normalized spacial score (nSPS) is 9.90. The Bertz CT molecular complexity index is 235. The summed E-state index contributed by atoms with van der Waals surface area (Å²) in [6.45, 7) is 2.49. The van der Waals surface area contributed by atoms with Crippen molar-refractivity contribution in [2.45, 2.75) is 13.5 Å². The van der Waals surface area contributed by atoms with Crippen LogP contribution < -0.4 is 5.73 Å².